The van der Waals surface area contributed by atoms with Gasteiger partial charge in [-0.15, -0.1) is 0 Å². The van der Waals surface area contributed by atoms with Crippen molar-refractivity contribution in [1.82, 2.24) is 0 Å². The number of hydrogen-bond donors (Lipinski definition) is 2. The van der Waals surface area contributed by atoms with Crippen LogP contribution in [0.4, 0.5) is 5.69 Å². The maximum atomic E-state index is 9.94. The van der Waals surface area contributed by atoms with Crippen LogP contribution in [0.25, 0.3) is 0 Å². The van der Waals surface area contributed by atoms with Gasteiger partial charge in [0, 0.05) is 27.4 Å². The third kappa shape index (κ3) is 3.95. The lowest BCUT2D eigenvalue weighted by molar-refractivity contribution is 0.319. The Hall–Kier alpha value is -2.92. The fourth-order valence-electron chi connectivity index (χ4n) is 2.42. The number of halogens is 1. The summed E-state index contributed by atoms with van der Waals surface area (Å²) in [6.07, 6.45) is 1.58. The second-order valence-corrected chi connectivity index (χ2v) is 6.21. The Labute approximate surface area is 153 Å². The Morgan fingerprint density at radius 1 is 0.920 bits per heavy atom. The van der Waals surface area contributed by atoms with Crippen molar-refractivity contribution in [3.8, 4) is 5.75 Å². The SMILES string of the molecule is O/N=C(\c1ccccc1)c1ccccc1N=Cc1cc(Br)ccc1O. The monoisotopic (exact) mass is 394 g/mol. The van der Waals surface area contributed by atoms with Gasteiger partial charge in [0.15, 0.2) is 0 Å². The van der Waals surface area contributed by atoms with Crippen LogP contribution in [0.2, 0.25) is 0 Å². The van der Waals surface area contributed by atoms with Crippen LogP contribution < -0.4 is 0 Å². The van der Waals surface area contributed by atoms with Crippen molar-refractivity contribution in [3.05, 3.63) is 94.0 Å². The quantitative estimate of drug-likeness (QED) is 0.365. The molecular formula is C20H15BrN2O2. The molecule has 3 rings (SSSR count). The number of hydrogen-bond acceptors (Lipinski definition) is 4. The van der Waals surface area contributed by atoms with Crippen molar-refractivity contribution in [2.45, 2.75) is 0 Å². The highest BCUT2D eigenvalue weighted by Gasteiger charge is 2.11. The van der Waals surface area contributed by atoms with Crippen LogP contribution in [0.1, 0.15) is 16.7 Å². The zero-order valence-corrected chi connectivity index (χ0v) is 14.8. The highest BCUT2D eigenvalue weighted by Crippen LogP contribution is 2.25. The second kappa shape index (κ2) is 7.77. The maximum absolute atomic E-state index is 9.94. The van der Waals surface area contributed by atoms with Crippen LogP contribution in [0.15, 0.2) is 87.4 Å². The van der Waals surface area contributed by atoms with Crippen molar-refractivity contribution in [1.29, 1.82) is 0 Å². The van der Waals surface area contributed by atoms with E-state index in [2.05, 4.69) is 26.1 Å². The molecule has 0 aliphatic heterocycles. The molecule has 0 aliphatic rings. The minimum atomic E-state index is 0.142. The van der Waals surface area contributed by atoms with E-state index >= 15 is 0 Å². The Morgan fingerprint density at radius 3 is 2.40 bits per heavy atom. The van der Waals surface area contributed by atoms with Gasteiger partial charge in [-0.1, -0.05) is 69.6 Å². The van der Waals surface area contributed by atoms with Gasteiger partial charge in [0.1, 0.15) is 11.5 Å². The normalized spacial score (nSPS) is 11.8. The summed E-state index contributed by atoms with van der Waals surface area (Å²) < 4.78 is 0.849. The number of aromatic hydroxyl groups is 1. The molecule has 0 radical (unpaired) electrons. The van der Waals surface area contributed by atoms with Gasteiger partial charge < -0.3 is 10.3 Å². The van der Waals surface area contributed by atoms with E-state index in [4.69, 9.17) is 0 Å². The number of phenolic OH excluding ortho intramolecular Hbond substituents is 1. The van der Waals surface area contributed by atoms with Crippen LogP contribution >= 0.6 is 15.9 Å². The Morgan fingerprint density at radius 2 is 1.64 bits per heavy atom. The molecule has 124 valence electrons. The van der Waals surface area contributed by atoms with Gasteiger partial charge >= 0.3 is 0 Å². The summed E-state index contributed by atoms with van der Waals surface area (Å²) >= 11 is 3.38. The zero-order chi connectivity index (χ0) is 17.6. The standard InChI is InChI=1S/C20H15BrN2O2/c21-16-10-11-19(24)15(12-16)13-22-18-9-5-4-8-17(18)20(23-25)14-6-2-1-3-7-14/h1-13,24-25H/b22-13?,23-20+. The molecule has 2 N–H and O–H groups in total. The van der Waals surface area contributed by atoms with Gasteiger partial charge in [0.25, 0.3) is 0 Å². The predicted molar refractivity (Wildman–Crippen MR) is 103 cm³/mol. The summed E-state index contributed by atoms with van der Waals surface area (Å²) in [7, 11) is 0. The first-order valence-electron chi connectivity index (χ1n) is 7.58. The van der Waals surface area contributed by atoms with E-state index in [1.165, 1.54) is 0 Å². The van der Waals surface area contributed by atoms with Gasteiger partial charge in [-0.05, 0) is 24.3 Å². The average molecular weight is 395 g/mol. The van der Waals surface area contributed by atoms with Gasteiger partial charge in [0.05, 0.1) is 5.69 Å². The molecule has 3 aromatic rings. The highest BCUT2D eigenvalue weighted by atomic mass is 79.9. The molecule has 3 aromatic carbocycles. The molecule has 5 heteroatoms. The summed E-state index contributed by atoms with van der Waals surface area (Å²) in [6, 6.07) is 21.9. The third-order valence-corrected chi connectivity index (χ3v) is 4.13. The maximum Gasteiger partial charge on any atom is 0.124 e. The van der Waals surface area contributed by atoms with Crippen molar-refractivity contribution in [2.24, 2.45) is 10.1 Å². The minimum Gasteiger partial charge on any atom is -0.507 e. The molecule has 0 atom stereocenters. The van der Waals surface area contributed by atoms with E-state index in [1.807, 2.05) is 54.6 Å². The average Bonchev–Trinajstić information content (AvgIpc) is 2.65. The Kier molecular flexibility index (Phi) is 5.26. The number of nitrogens with zero attached hydrogens (tertiary/aromatic N) is 2. The fourth-order valence-corrected chi connectivity index (χ4v) is 2.80. The molecule has 0 heterocycles. The summed E-state index contributed by atoms with van der Waals surface area (Å²) in [5.41, 5.74) is 3.15. The van der Waals surface area contributed by atoms with E-state index in [9.17, 15) is 10.3 Å². The minimum absolute atomic E-state index is 0.142. The van der Waals surface area contributed by atoms with Crippen LogP contribution in [-0.4, -0.2) is 22.2 Å². The van der Waals surface area contributed by atoms with Crippen LogP contribution in [-0.2, 0) is 0 Å². The van der Waals surface area contributed by atoms with Gasteiger partial charge in [0.2, 0.25) is 0 Å². The van der Waals surface area contributed by atoms with Crippen LogP contribution in [0, 0.1) is 0 Å². The van der Waals surface area contributed by atoms with E-state index < -0.39 is 0 Å². The first-order chi connectivity index (χ1) is 12.2. The molecule has 0 fully saturated rings. The fraction of sp³-hybridized carbons (Fsp3) is 0. The molecule has 0 unspecified atom stereocenters. The number of para-hydroxylation sites is 1. The summed E-state index contributed by atoms with van der Waals surface area (Å²) in [4.78, 5) is 4.47. The highest BCUT2D eigenvalue weighted by molar-refractivity contribution is 9.10. The number of phenols is 1. The molecule has 0 spiro atoms. The summed E-state index contributed by atoms with van der Waals surface area (Å²) in [6.45, 7) is 0. The van der Waals surface area contributed by atoms with Crippen LogP contribution in [0.5, 0.6) is 5.75 Å². The molecular weight excluding hydrogens is 380 g/mol. The number of oxime groups is 1. The topological polar surface area (TPSA) is 65.2 Å². The smallest absolute Gasteiger partial charge is 0.124 e. The molecule has 4 nitrogen and oxygen atoms in total. The largest absolute Gasteiger partial charge is 0.507 e. The molecule has 0 bridgehead atoms. The van der Waals surface area contributed by atoms with Gasteiger partial charge in [-0.2, -0.15) is 0 Å². The first kappa shape index (κ1) is 16.9. The number of benzene rings is 3. The van der Waals surface area contributed by atoms with Crippen molar-refractivity contribution in [3.63, 3.8) is 0 Å². The summed E-state index contributed by atoms with van der Waals surface area (Å²) in [5, 5.41) is 22.9. The number of aliphatic imine (C=N–C) groups is 1. The molecule has 0 aliphatic carbocycles. The second-order valence-electron chi connectivity index (χ2n) is 5.29. The first-order valence-corrected chi connectivity index (χ1v) is 8.38. The summed E-state index contributed by atoms with van der Waals surface area (Å²) in [5.74, 6) is 0.142. The van der Waals surface area contributed by atoms with Crippen LogP contribution in [0.3, 0.4) is 0 Å². The van der Waals surface area contributed by atoms with Crippen molar-refractivity contribution in [2.75, 3.05) is 0 Å². The van der Waals surface area contributed by atoms with Gasteiger partial charge in [-0.25, -0.2) is 0 Å². The predicted octanol–water partition coefficient (Wildman–Crippen LogP) is 5.13. The lowest BCUT2D eigenvalue weighted by Gasteiger charge is -2.08. The van der Waals surface area contributed by atoms with E-state index in [0.29, 0.717) is 22.5 Å². The lowest BCUT2D eigenvalue weighted by Crippen LogP contribution is -2.03. The molecule has 25 heavy (non-hydrogen) atoms. The molecule has 0 saturated heterocycles. The third-order valence-electron chi connectivity index (χ3n) is 3.64. The molecule has 0 saturated carbocycles. The van der Waals surface area contributed by atoms with E-state index in [-0.39, 0.29) is 5.75 Å². The van der Waals surface area contributed by atoms with Crippen molar-refractivity contribution < 1.29 is 10.3 Å². The Bertz CT molecular complexity index is 937. The number of rotatable bonds is 4. The van der Waals surface area contributed by atoms with Crippen molar-refractivity contribution >= 4 is 33.5 Å². The Balaban J connectivity index is 2.02. The molecule has 0 aromatic heterocycles. The lowest BCUT2D eigenvalue weighted by atomic mass is 10.0. The zero-order valence-electron chi connectivity index (χ0n) is 13.2. The van der Waals surface area contributed by atoms with E-state index in [0.717, 1.165) is 10.0 Å². The van der Waals surface area contributed by atoms with Gasteiger partial charge in [-0.3, -0.25) is 4.99 Å². The van der Waals surface area contributed by atoms with E-state index in [1.54, 1.807) is 24.4 Å². The molecule has 0 amide bonds.